The lowest BCUT2D eigenvalue weighted by atomic mass is 10.2. The van der Waals surface area contributed by atoms with Crippen LogP contribution in [0.25, 0.3) is 6.08 Å². The molecule has 0 aromatic heterocycles. The summed E-state index contributed by atoms with van der Waals surface area (Å²) >= 11 is 0. The van der Waals surface area contributed by atoms with Gasteiger partial charge >= 0.3 is 0 Å². The van der Waals surface area contributed by atoms with Gasteiger partial charge in [0.25, 0.3) is 0 Å². The lowest BCUT2D eigenvalue weighted by molar-refractivity contribution is -0.116. The van der Waals surface area contributed by atoms with Crippen LogP contribution in [0.4, 0.5) is 0 Å². The van der Waals surface area contributed by atoms with Crippen molar-refractivity contribution in [3.8, 4) is 11.5 Å². The molecule has 0 heterocycles. The first kappa shape index (κ1) is 16.6. The van der Waals surface area contributed by atoms with Crippen LogP contribution in [0.3, 0.4) is 0 Å². The van der Waals surface area contributed by atoms with Gasteiger partial charge in [-0.05, 0) is 36.8 Å². The highest BCUT2D eigenvalue weighted by atomic mass is 16.5. The van der Waals surface area contributed by atoms with Gasteiger partial charge in [-0.2, -0.15) is 0 Å². The molecule has 0 atom stereocenters. The summed E-state index contributed by atoms with van der Waals surface area (Å²) in [4.78, 5) is 11.9. The predicted molar refractivity (Wildman–Crippen MR) is 91.5 cm³/mol. The SMILES string of the molecule is CCOc1cccc(CNC(=O)/C=C/c2ccccc2OC)c1. The number of methoxy groups -OCH3 is 1. The third-order valence-electron chi connectivity index (χ3n) is 3.23. The summed E-state index contributed by atoms with van der Waals surface area (Å²) < 4.78 is 10.7. The average molecular weight is 311 g/mol. The maximum Gasteiger partial charge on any atom is 0.244 e. The van der Waals surface area contributed by atoms with E-state index in [0.29, 0.717) is 13.2 Å². The quantitative estimate of drug-likeness (QED) is 0.797. The second-order valence-corrected chi connectivity index (χ2v) is 4.87. The number of para-hydroxylation sites is 1. The third-order valence-corrected chi connectivity index (χ3v) is 3.23. The van der Waals surface area contributed by atoms with Crippen molar-refractivity contribution in [3.63, 3.8) is 0 Å². The van der Waals surface area contributed by atoms with E-state index in [1.165, 1.54) is 6.08 Å². The van der Waals surface area contributed by atoms with Crippen LogP contribution in [0, 0.1) is 0 Å². The fraction of sp³-hybridized carbons (Fsp3) is 0.211. The molecule has 0 fully saturated rings. The largest absolute Gasteiger partial charge is 0.496 e. The van der Waals surface area contributed by atoms with Gasteiger partial charge in [-0.3, -0.25) is 4.79 Å². The number of nitrogens with one attached hydrogen (secondary N) is 1. The van der Waals surface area contributed by atoms with E-state index in [4.69, 9.17) is 9.47 Å². The molecule has 2 aromatic carbocycles. The number of benzene rings is 2. The predicted octanol–water partition coefficient (Wildman–Crippen LogP) is 3.42. The minimum atomic E-state index is -0.155. The molecular formula is C19H21NO3. The zero-order valence-corrected chi connectivity index (χ0v) is 13.4. The van der Waals surface area contributed by atoms with E-state index in [9.17, 15) is 4.79 Å². The van der Waals surface area contributed by atoms with Gasteiger partial charge in [0.2, 0.25) is 5.91 Å². The first-order valence-electron chi connectivity index (χ1n) is 7.53. The van der Waals surface area contributed by atoms with Gasteiger partial charge in [-0.25, -0.2) is 0 Å². The first-order valence-corrected chi connectivity index (χ1v) is 7.53. The molecular weight excluding hydrogens is 290 g/mol. The molecule has 23 heavy (non-hydrogen) atoms. The molecule has 4 heteroatoms. The molecule has 0 bridgehead atoms. The molecule has 4 nitrogen and oxygen atoms in total. The zero-order chi connectivity index (χ0) is 16.5. The summed E-state index contributed by atoms with van der Waals surface area (Å²) in [5.74, 6) is 1.39. The number of carbonyl (C=O) groups is 1. The molecule has 0 saturated heterocycles. The Kier molecular flexibility index (Phi) is 6.24. The molecule has 0 radical (unpaired) electrons. The van der Waals surface area contributed by atoms with Crippen LogP contribution in [0.15, 0.2) is 54.6 Å². The van der Waals surface area contributed by atoms with Gasteiger partial charge in [0, 0.05) is 18.2 Å². The third kappa shape index (κ3) is 5.18. The molecule has 0 aliphatic carbocycles. The highest BCUT2D eigenvalue weighted by Gasteiger charge is 2.01. The number of rotatable bonds is 7. The number of amides is 1. The molecule has 0 saturated carbocycles. The fourth-order valence-electron chi connectivity index (χ4n) is 2.13. The Morgan fingerprint density at radius 1 is 1.17 bits per heavy atom. The van der Waals surface area contributed by atoms with Crippen molar-refractivity contribution in [1.29, 1.82) is 0 Å². The fourth-order valence-corrected chi connectivity index (χ4v) is 2.13. The molecule has 0 aliphatic heterocycles. The highest BCUT2D eigenvalue weighted by Crippen LogP contribution is 2.18. The van der Waals surface area contributed by atoms with Crippen LogP contribution >= 0.6 is 0 Å². The van der Waals surface area contributed by atoms with E-state index in [2.05, 4.69) is 5.32 Å². The van der Waals surface area contributed by atoms with Crippen molar-refractivity contribution in [2.45, 2.75) is 13.5 Å². The molecule has 1 amide bonds. The second kappa shape index (κ2) is 8.63. The molecule has 1 N–H and O–H groups in total. The maximum absolute atomic E-state index is 11.9. The van der Waals surface area contributed by atoms with Crippen molar-refractivity contribution in [3.05, 3.63) is 65.7 Å². The van der Waals surface area contributed by atoms with Crippen molar-refractivity contribution in [2.24, 2.45) is 0 Å². The molecule has 0 spiro atoms. The molecule has 2 rings (SSSR count). The van der Waals surface area contributed by atoms with E-state index in [-0.39, 0.29) is 5.91 Å². The monoisotopic (exact) mass is 311 g/mol. The Balaban J connectivity index is 1.92. The molecule has 0 unspecified atom stereocenters. The van der Waals surface area contributed by atoms with Crippen LogP contribution in [0.1, 0.15) is 18.1 Å². The molecule has 120 valence electrons. The van der Waals surface area contributed by atoms with Crippen LogP contribution in [-0.4, -0.2) is 19.6 Å². The summed E-state index contributed by atoms with van der Waals surface area (Å²) in [6, 6.07) is 15.2. The second-order valence-electron chi connectivity index (χ2n) is 4.87. The van der Waals surface area contributed by atoms with Crippen molar-refractivity contribution in [1.82, 2.24) is 5.32 Å². The maximum atomic E-state index is 11.9. The minimum absolute atomic E-state index is 0.155. The van der Waals surface area contributed by atoms with E-state index in [1.54, 1.807) is 13.2 Å². The normalized spacial score (nSPS) is 10.5. The number of carbonyl (C=O) groups excluding carboxylic acids is 1. The number of ether oxygens (including phenoxy) is 2. The zero-order valence-electron chi connectivity index (χ0n) is 13.4. The summed E-state index contributed by atoms with van der Waals surface area (Å²) in [5.41, 5.74) is 1.86. The Morgan fingerprint density at radius 2 is 2.00 bits per heavy atom. The van der Waals surface area contributed by atoms with Crippen LogP contribution in [-0.2, 0) is 11.3 Å². The van der Waals surface area contributed by atoms with E-state index in [1.807, 2.05) is 55.5 Å². The van der Waals surface area contributed by atoms with E-state index < -0.39 is 0 Å². The summed E-state index contributed by atoms with van der Waals surface area (Å²) in [6.45, 7) is 3.02. The summed E-state index contributed by atoms with van der Waals surface area (Å²) in [7, 11) is 1.61. The highest BCUT2D eigenvalue weighted by molar-refractivity contribution is 5.92. The Hall–Kier alpha value is -2.75. The lowest BCUT2D eigenvalue weighted by Crippen LogP contribution is -2.20. The number of hydrogen-bond donors (Lipinski definition) is 1. The van der Waals surface area contributed by atoms with Crippen molar-refractivity contribution >= 4 is 12.0 Å². The lowest BCUT2D eigenvalue weighted by Gasteiger charge is -2.07. The van der Waals surface area contributed by atoms with Gasteiger partial charge in [-0.15, -0.1) is 0 Å². The summed E-state index contributed by atoms with van der Waals surface area (Å²) in [6.07, 6.45) is 3.25. The Labute approximate surface area is 136 Å². The van der Waals surface area contributed by atoms with Crippen LogP contribution in [0.2, 0.25) is 0 Å². The van der Waals surface area contributed by atoms with Crippen molar-refractivity contribution < 1.29 is 14.3 Å². The topological polar surface area (TPSA) is 47.6 Å². The Morgan fingerprint density at radius 3 is 2.78 bits per heavy atom. The standard InChI is InChI=1S/C19H21NO3/c1-3-23-17-9-6-7-15(13-17)14-20-19(21)12-11-16-8-4-5-10-18(16)22-2/h4-13H,3,14H2,1-2H3,(H,20,21)/b12-11+. The Bertz CT molecular complexity index is 680. The van der Waals surface area contributed by atoms with Crippen LogP contribution in [0.5, 0.6) is 11.5 Å². The average Bonchev–Trinajstić information content (AvgIpc) is 2.59. The van der Waals surface area contributed by atoms with Gasteiger partial charge in [0.15, 0.2) is 0 Å². The van der Waals surface area contributed by atoms with Gasteiger partial charge in [-0.1, -0.05) is 30.3 Å². The smallest absolute Gasteiger partial charge is 0.244 e. The van der Waals surface area contributed by atoms with Crippen LogP contribution < -0.4 is 14.8 Å². The van der Waals surface area contributed by atoms with Gasteiger partial charge < -0.3 is 14.8 Å². The minimum Gasteiger partial charge on any atom is -0.496 e. The molecule has 0 aliphatic rings. The van der Waals surface area contributed by atoms with Gasteiger partial charge in [0.05, 0.1) is 13.7 Å². The van der Waals surface area contributed by atoms with E-state index >= 15 is 0 Å². The van der Waals surface area contributed by atoms with Crippen molar-refractivity contribution in [2.75, 3.05) is 13.7 Å². The first-order chi connectivity index (χ1) is 11.2. The van der Waals surface area contributed by atoms with E-state index in [0.717, 1.165) is 22.6 Å². The number of hydrogen-bond acceptors (Lipinski definition) is 3. The van der Waals surface area contributed by atoms with Gasteiger partial charge in [0.1, 0.15) is 11.5 Å². The molecule has 2 aromatic rings. The summed E-state index contributed by atoms with van der Waals surface area (Å²) in [5, 5.41) is 2.85.